The fourth-order valence-electron chi connectivity index (χ4n) is 6.61. The minimum atomic E-state index is -0.788. The van der Waals surface area contributed by atoms with E-state index in [-0.39, 0.29) is 29.6 Å². The molecule has 3 aromatic carbocycles. The molecule has 2 fully saturated rings. The molecule has 2 saturated heterocycles. The zero-order chi connectivity index (χ0) is 29.8. The van der Waals surface area contributed by atoms with Crippen molar-refractivity contribution in [1.29, 1.82) is 0 Å². The van der Waals surface area contributed by atoms with E-state index >= 15 is 0 Å². The first-order chi connectivity index (χ1) is 20.9. The van der Waals surface area contributed by atoms with E-state index in [2.05, 4.69) is 26.6 Å². The second-order valence-electron chi connectivity index (χ2n) is 12.0. The van der Waals surface area contributed by atoms with E-state index in [0.717, 1.165) is 65.8 Å². The van der Waals surface area contributed by atoms with Crippen LogP contribution in [0.4, 0.5) is 14.9 Å². The van der Waals surface area contributed by atoms with Gasteiger partial charge in [0.2, 0.25) is 5.91 Å². The largest absolute Gasteiger partial charge is 0.361 e. The van der Waals surface area contributed by atoms with Crippen LogP contribution in [0, 0.1) is 5.82 Å². The molecule has 0 unspecified atom stereocenters. The van der Waals surface area contributed by atoms with Gasteiger partial charge in [0.25, 0.3) is 0 Å². The van der Waals surface area contributed by atoms with Gasteiger partial charge in [-0.1, -0.05) is 49.4 Å². The summed E-state index contributed by atoms with van der Waals surface area (Å²) in [4.78, 5) is 35.1. The minimum absolute atomic E-state index is 0.243. The van der Waals surface area contributed by atoms with E-state index in [4.69, 9.17) is 0 Å². The molecule has 3 N–H and O–H groups in total. The number of urea groups is 1. The molecule has 8 heteroatoms. The lowest BCUT2D eigenvalue weighted by molar-refractivity contribution is -0.118. The highest BCUT2D eigenvalue weighted by Gasteiger charge is 2.32. The number of anilines is 1. The molecule has 224 valence electrons. The number of benzene rings is 3. The van der Waals surface area contributed by atoms with Gasteiger partial charge in [-0.15, -0.1) is 0 Å². The van der Waals surface area contributed by atoms with Crippen molar-refractivity contribution in [2.75, 3.05) is 31.5 Å². The third-order valence-corrected chi connectivity index (χ3v) is 9.10. The molecule has 2 atom stereocenters. The van der Waals surface area contributed by atoms with Crippen LogP contribution < -0.4 is 10.6 Å². The van der Waals surface area contributed by atoms with Crippen molar-refractivity contribution in [3.05, 3.63) is 102 Å². The number of halogens is 1. The molecule has 2 aliphatic rings. The smallest absolute Gasteiger partial charge is 0.318 e. The van der Waals surface area contributed by atoms with Crippen LogP contribution in [0.25, 0.3) is 10.9 Å². The van der Waals surface area contributed by atoms with Crippen LogP contribution in [0.5, 0.6) is 0 Å². The first-order valence-electron chi connectivity index (χ1n) is 15.4. The predicted octanol–water partition coefficient (Wildman–Crippen LogP) is 6.60. The Morgan fingerprint density at radius 2 is 1.70 bits per heavy atom. The average molecular weight is 582 g/mol. The van der Waals surface area contributed by atoms with Gasteiger partial charge in [-0.25, -0.2) is 9.18 Å². The molecule has 6 rings (SSSR count). The number of nitrogens with zero attached hydrogens (tertiary/aromatic N) is 2. The van der Waals surface area contributed by atoms with Crippen molar-refractivity contribution in [2.45, 2.75) is 57.0 Å². The lowest BCUT2D eigenvalue weighted by Crippen LogP contribution is -2.53. The normalized spacial score (nSPS) is 17.6. The first-order valence-corrected chi connectivity index (χ1v) is 15.4. The molecule has 3 heterocycles. The van der Waals surface area contributed by atoms with Crippen molar-refractivity contribution >= 4 is 28.5 Å². The van der Waals surface area contributed by atoms with Crippen LogP contribution in [0.3, 0.4) is 0 Å². The highest BCUT2D eigenvalue weighted by molar-refractivity contribution is 5.98. The molecule has 3 amide bonds. The number of piperidine rings is 1. The molecule has 1 aromatic heterocycles. The maximum atomic E-state index is 13.9. The van der Waals surface area contributed by atoms with Crippen molar-refractivity contribution in [2.24, 2.45) is 0 Å². The van der Waals surface area contributed by atoms with Crippen LogP contribution in [-0.4, -0.2) is 58.9 Å². The van der Waals surface area contributed by atoms with Gasteiger partial charge >= 0.3 is 6.03 Å². The summed E-state index contributed by atoms with van der Waals surface area (Å²) >= 11 is 0. The summed E-state index contributed by atoms with van der Waals surface area (Å²) in [7, 11) is 0. The zero-order valence-corrected chi connectivity index (χ0v) is 24.7. The second-order valence-corrected chi connectivity index (χ2v) is 12.0. The van der Waals surface area contributed by atoms with E-state index in [9.17, 15) is 14.0 Å². The molecule has 4 aromatic rings. The molecular formula is C35H40FN5O2. The maximum Gasteiger partial charge on any atom is 0.318 e. The van der Waals surface area contributed by atoms with E-state index in [0.29, 0.717) is 13.1 Å². The number of carbonyl (C=O) groups is 2. The number of rotatable bonds is 8. The number of hydrogen-bond acceptors (Lipinski definition) is 3. The van der Waals surface area contributed by atoms with Gasteiger partial charge in [0, 0.05) is 48.3 Å². The molecule has 7 nitrogen and oxygen atoms in total. The number of aromatic amines is 1. The Labute approximate surface area is 252 Å². The molecule has 0 spiro atoms. The number of H-pyrrole nitrogens is 1. The fraction of sp³-hybridized carbons (Fsp3) is 0.371. The average Bonchev–Trinajstić information content (AvgIpc) is 3.70. The van der Waals surface area contributed by atoms with E-state index in [1.165, 1.54) is 25.0 Å². The third kappa shape index (κ3) is 6.75. The minimum Gasteiger partial charge on any atom is -0.361 e. The number of fused-ring (bicyclic) bond motifs is 1. The maximum absolute atomic E-state index is 13.9. The van der Waals surface area contributed by atoms with Crippen molar-refractivity contribution in [3.8, 4) is 0 Å². The molecule has 0 saturated carbocycles. The summed E-state index contributed by atoms with van der Waals surface area (Å²) < 4.78 is 13.4. The van der Waals surface area contributed by atoms with E-state index in [1.807, 2.05) is 67.7 Å². The van der Waals surface area contributed by atoms with Gasteiger partial charge in [-0.05, 0) is 91.7 Å². The molecule has 0 aliphatic carbocycles. The van der Waals surface area contributed by atoms with Crippen LogP contribution in [0.2, 0.25) is 0 Å². The van der Waals surface area contributed by atoms with Gasteiger partial charge in [-0.2, -0.15) is 0 Å². The Balaban J connectivity index is 1.18. The Morgan fingerprint density at radius 1 is 0.953 bits per heavy atom. The van der Waals surface area contributed by atoms with Gasteiger partial charge in [0.05, 0.1) is 0 Å². The molecular weight excluding hydrogens is 541 g/mol. The Kier molecular flexibility index (Phi) is 8.74. The number of carbonyl (C=O) groups excluding carboxylic acids is 2. The fourth-order valence-corrected chi connectivity index (χ4v) is 6.61. The topological polar surface area (TPSA) is 80.5 Å². The number of amides is 3. The Bertz CT molecular complexity index is 1550. The zero-order valence-electron chi connectivity index (χ0n) is 24.7. The van der Waals surface area contributed by atoms with Crippen LogP contribution in [-0.2, 0) is 11.3 Å². The monoisotopic (exact) mass is 581 g/mol. The highest BCUT2D eigenvalue weighted by atomic mass is 19.1. The summed E-state index contributed by atoms with van der Waals surface area (Å²) in [6.45, 7) is 6.21. The summed E-state index contributed by atoms with van der Waals surface area (Å²) in [5.74, 6) is -0.496. The Morgan fingerprint density at radius 3 is 2.47 bits per heavy atom. The number of nitrogens with one attached hydrogen (secondary N) is 3. The van der Waals surface area contributed by atoms with Crippen LogP contribution >= 0.6 is 0 Å². The summed E-state index contributed by atoms with van der Waals surface area (Å²) in [5.41, 5.74) is 4.96. The quantitative estimate of drug-likeness (QED) is 0.219. The third-order valence-electron chi connectivity index (χ3n) is 9.10. The predicted molar refractivity (Wildman–Crippen MR) is 169 cm³/mol. The molecule has 43 heavy (non-hydrogen) atoms. The molecule has 0 bridgehead atoms. The van der Waals surface area contributed by atoms with Gasteiger partial charge in [-0.3, -0.25) is 9.69 Å². The molecule has 2 aliphatic heterocycles. The van der Waals surface area contributed by atoms with E-state index < -0.39 is 6.04 Å². The lowest BCUT2D eigenvalue weighted by atomic mass is 9.89. The van der Waals surface area contributed by atoms with Crippen molar-refractivity contribution in [3.63, 3.8) is 0 Å². The first kappa shape index (κ1) is 28.9. The summed E-state index contributed by atoms with van der Waals surface area (Å²) in [6, 6.07) is 21.6. The van der Waals surface area contributed by atoms with E-state index in [1.54, 1.807) is 4.90 Å². The standard InChI is InChI=1S/C35H40FN5O2/c1-24(31-22-37-32-10-3-2-9-30(31)32)33(34(42)38-29-8-6-7-25(21-29)23-40-17-4-5-18-40)39-35(43)41-19-15-27(16-20-41)26-11-13-28(36)14-12-26/h2-3,6-14,21-22,24,27,33,37H,4-5,15-20,23H2,1H3,(H,38,42)(H,39,43)/t24-,33-/m1/s1. The number of aromatic nitrogens is 1. The van der Waals surface area contributed by atoms with Crippen molar-refractivity contribution < 1.29 is 14.0 Å². The lowest BCUT2D eigenvalue weighted by Gasteiger charge is -2.34. The van der Waals surface area contributed by atoms with Crippen molar-refractivity contribution in [1.82, 2.24) is 20.1 Å². The number of likely N-dealkylation sites (tertiary alicyclic amines) is 2. The summed E-state index contributed by atoms with van der Waals surface area (Å²) in [5, 5.41) is 7.24. The van der Waals surface area contributed by atoms with Gasteiger partial charge in [0.15, 0.2) is 0 Å². The van der Waals surface area contributed by atoms with Crippen LogP contribution in [0.15, 0.2) is 79.0 Å². The highest BCUT2D eigenvalue weighted by Crippen LogP contribution is 2.30. The van der Waals surface area contributed by atoms with Gasteiger partial charge in [0.1, 0.15) is 11.9 Å². The van der Waals surface area contributed by atoms with Crippen LogP contribution in [0.1, 0.15) is 61.1 Å². The number of hydrogen-bond donors (Lipinski definition) is 3. The molecule has 0 radical (unpaired) electrons. The van der Waals surface area contributed by atoms with Gasteiger partial charge < -0.3 is 20.5 Å². The SMILES string of the molecule is C[C@H](c1c[nH]c2ccccc12)[C@@H](NC(=O)N1CCC(c2ccc(F)cc2)CC1)C(=O)Nc1cccc(CN2CCCC2)c1. The number of para-hydroxylation sites is 1. The Hall–Kier alpha value is -4.17. The summed E-state index contributed by atoms with van der Waals surface area (Å²) in [6.07, 6.45) is 5.98. The second kappa shape index (κ2) is 13.0.